The molecular weight excluding hydrogens is 843 g/mol. The Kier molecular flexibility index (Phi) is 9.57. The molecule has 2 aliphatic carbocycles. The van der Waals surface area contributed by atoms with Crippen molar-refractivity contribution in [1.82, 2.24) is 30.4 Å². The Labute approximate surface area is 373 Å². The number of aryl methyl sites for hydroxylation is 2. The molecule has 0 unspecified atom stereocenters. The summed E-state index contributed by atoms with van der Waals surface area (Å²) in [5.74, 6) is 2.12. The van der Waals surface area contributed by atoms with Crippen LogP contribution in [0.3, 0.4) is 0 Å². The predicted molar refractivity (Wildman–Crippen MR) is 233 cm³/mol. The van der Waals surface area contributed by atoms with Gasteiger partial charge in [0.2, 0.25) is 0 Å². The summed E-state index contributed by atoms with van der Waals surface area (Å²) in [5, 5.41) is 6.65. The van der Waals surface area contributed by atoms with Crippen LogP contribution in [0.15, 0.2) is 57.6 Å². The van der Waals surface area contributed by atoms with Gasteiger partial charge in [-0.15, -0.1) is 0 Å². The van der Waals surface area contributed by atoms with Gasteiger partial charge in [0.15, 0.2) is 0 Å². The van der Waals surface area contributed by atoms with E-state index >= 15 is 0 Å². The monoisotopic (exact) mass is 890 g/mol. The van der Waals surface area contributed by atoms with Crippen molar-refractivity contribution in [2.75, 3.05) is 26.2 Å². The molecule has 4 aliphatic heterocycles. The number of carbonyl (C=O) groups excluding carboxylic acids is 4. The molecule has 2 spiro atoms. The minimum atomic E-state index is -0.574. The molecule has 8 heterocycles. The minimum Gasteiger partial charge on any atom is -0.460 e. The number of carbonyl (C=O) groups is 4. The van der Waals surface area contributed by atoms with Crippen LogP contribution in [0, 0.1) is 5.82 Å². The van der Waals surface area contributed by atoms with Gasteiger partial charge in [0.1, 0.15) is 45.2 Å². The first-order valence-corrected chi connectivity index (χ1v) is 21.9. The summed E-state index contributed by atoms with van der Waals surface area (Å²) in [6.07, 6.45) is 6.86. The number of nitrogens with zero attached hydrogens (tertiary/aromatic N) is 4. The standard InChI is InChI=1S/C27H26FN3O4.C21H22ClN3O4/c1-26(2,3)35-25(33)31-13-27(14-31)11-21-22(24(32)30-27)18-8-7-16-12-29-20(10-19(16)23(18)34-21)15-5-4-6-17(28)9-15;1-20(2,3)29-19(27)25-9-21(10-25)7-14-16(18(26)24-21)12-5-4-11-8-23-15(22)6-13(11)17(12)28-14/h4-6,9-10,12H,7-8,11,13-14H2,1-3H3,(H,30,32);6,8H,4-5,7,9-10H2,1-3H3,(H,24,26). The molecule has 16 heteroatoms. The largest absolute Gasteiger partial charge is 0.460 e. The summed E-state index contributed by atoms with van der Waals surface area (Å²) in [7, 11) is 0. The minimum absolute atomic E-state index is 0.135. The van der Waals surface area contributed by atoms with Crippen LogP contribution in [0.1, 0.15) is 96.0 Å². The molecule has 332 valence electrons. The Morgan fingerprint density at radius 2 is 1.20 bits per heavy atom. The van der Waals surface area contributed by atoms with E-state index in [1.165, 1.54) is 12.1 Å². The summed E-state index contributed by atoms with van der Waals surface area (Å²) in [5.41, 5.74) is 6.16. The molecule has 11 rings (SSSR count). The van der Waals surface area contributed by atoms with Gasteiger partial charge in [0.05, 0.1) is 27.9 Å². The fourth-order valence-corrected chi connectivity index (χ4v) is 9.94. The quantitative estimate of drug-likeness (QED) is 0.158. The number of halogens is 2. The molecule has 64 heavy (non-hydrogen) atoms. The first-order chi connectivity index (χ1) is 30.2. The lowest BCUT2D eigenvalue weighted by molar-refractivity contribution is -0.0181. The van der Waals surface area contributed by atoms with Crippen LogP contribution in [0.25, 0.3) is 33.9 Å². The lowest BCUT2D eigenvalue weighted by atomic mass is 9.80. The smallest absolute Gasteiger partial charge is 0.410 e. The molecule has 6 aliphatic rings. The van der Waals surface area contributed by atoms with Crippen LogP contribution in [0.2, 0.25) is 5.15 Å². The lowest BCUT2D eigenvalue weighted by Gasteiger charge is -2.51. The number of nitrogens with one attached hydrogen (secondary N) is 2. The number of amides is 4. The van der Waals surface area contributed by atoms with E-state index in [2.05, 4.69) is 20.6 Å². The van der Waals surface area contributed by atoms with Crippen molar-refractivity contribution in [1.29, 1.82) is 0 Å². The van der Waals surface area contributed by atoms with E-state index < -0.39 is 22.3 Å². The SMILES string of the molecule is CC(C)(C)OC(=O)N1CC2(Cc3oc4c(c3C(=O)N2)CCc2cnc(-c3cccc(F)c3)cc2-4)C1.CC(C)(C)OC(=O)N1CC2(Cc3oc4c(c3C(=O)N2)CCc2cnc(Cl)cc2-4)C1. The number of furan rings is 2. The van der Waals surface area contributed by atoms with Crippen LogP contribution >= 0.6 is 11.6 Å². The molecule has 2 N–H and O–H groups in total. The Balaban J connectivity index is 0.000000154. The number of pyridine rings is 2. The van der Waals surface area contributed by atoms with Crippen molar-refractivity contribution >= 4 is 35.6 Å². The summed E-state index contributed by atoms with van der Waals surface area (Å²) < 4.78 is 37.2. The van der Waals surface area contributed by atoms with E-state index in [0.717, 1.165) is 58.4 Å². The van der Waals surface area contributed by atoms with E-state index in [9.17, 15) is 23.6 Å². The van der Waals surface area contributed by atoms with Gasteiger partial charge in [0, 0.05) is 79.2 Å². The molecule has 2 fully saturated rings. The van der Waals surface area contributed by atoms with Crippen LogP contribution in [0.4, 0.5) is 14.0 Å². The number of hydrogen-bond acceptors (Lipinski definition) is 10. The Hall–Kier alpha value is -6.22. The van der Waals surface area contributed by atoms with E-state index in [-0.39, 0.29) is 29.8 Å². The third-order valence-electron chi connectivity index (χ3n) is 12.5. The fourth-order valence-electron chi connectivity index (χ4n) is 9.78. The van der Waals surface area contributed by atoms with Crippen molar-refractivity contribution in [2.24, 2.45) is 0 Å². The highest BCUT2D eigenvalue weighted by Crippen LogP contribution is 2.45. The van der Waals surface area contributed by atoms with Crippen LogP contribution < -0.4 is 10.6 Å². The van der Waals surface area contributed by atoms with Crippen molar-refractivity contribution in [3.63, 3.8) is 0 Å². The second-order valence-electron chi connectivity index (χ2n) is 19.8. The molecule has 2 saturated heterocycles. The van der Waals surface area contributed by atoms with Gasteiger partial charge < -0.3 is 38.7 Å². The fraction of sp³-hybridized carbons (Fsp3) is 0.417. The highest BCUT2D eigenvalue weighted by molar-refractivity contribution is 6.29. The number of aromatic nitrogens is 2. The van der Waals surface area contributed by atoms with Gasteiger partial charge in [-0.2, -0.15) is 0 Å². The Morgan fingerprint density at radius 3 is 1.69 bits per heavy atom. The summed E-state index contributed by atoms with van der Waals surface area (Å²) >= 11 is 6.09. The highest BCUT2D eigenvalue weighted by Gasteiger charge is 2.54. The Bertz CT molecular complexity index is 2810. The van der Waals surface area contributed by atoms with Gasteiger partial charge in [-0.1, -0.05) is 23.7 Å². The number of likely N-dealkylation sites (tertiary alicyclic amines) is 2. The first-order valence-electron chi connectivity index (χ1n) is 21.5. The number of rotatable bonds is 1. The number of fused-ring (bicyclic) bond motifs is 10. The summed E-state index contributed by atoms with van der Waals surface area (Å²) in [4.78, 5) is 62.7. The van der Waals surface area contributed by atoms with Crippen LogP contribution in [0.5, 0.6) is 0 Å². The molecule has 14 nitrogen and oxygen atoms in total. The van der Waals surface area contributed by atoms with Gasteiger partial charge in [0.25, 0.3) is 11.8 Å². The summed E-state index contributed by atoms with van der Waals surface area (Å²) in [6.45, 7) is 12.6. The van der Waals surface area contributed by atoms with Gasteiger partial charge in [-0.05, 0) is 103 Å². The molecular formula is C48H48ClFN6O8. The normalized spacial score (nSPS) is 18.3. The number of hydrogen-bond donors (Lipinski definition) is 2. The molecule has 0 bridgehead atoms. The number of ether oxygens (including phenoxy) is 2. The van der Waals surface area contributed by atoms with Crippen molar-refractivity contribution in [2.45, 2.75) is 102 Å². The molecule has 4 aromatic heterocycles. The van der Waals surface area contributed by atoms with E-state index in [1.807, 2.05) is 59.9 Å². The third kappa shape index (κ3) is 7.46. The van der Waals surface area contributed by atoms with Crippen LogP contribution in [-0.2, 0) is 48.0 Å². The molecule has 0 radical (unpaired) electrons. The lowest BCUT2D eigenvalue weighted by Crippen LogP contribution is -2.73. The third-order valence-corrected chi connectivity index (χ3v) is 12.7. The zero-order chi connectivity index (χ0) is 45.1. The average Bonchev–Trinajstić information content (AvgIpc) is 3.77. The summed E-state index contributed by atoms with van der Waals surface area (Å²) in [6, 6.07) is 10.0. The van der Waals surface area contributed by atoms with Gasteiger partial charge in [-0.25, -0.2) is 19.0 Å². The zero-order valence-electron chi connectivity index (χ0n) is 36.5. The maximum atomic E-state index is 13.8. The van der Waals surface area contributed by atoms with E-state index in [1.54, 1.807) is 28.1 Å². The molecule has 0 atom stereocenters. The maximum absolute atomic E-state index is 13.8. The second-order valence-corrected chi connectivity index (χ2v) is 20.2. The van der Waals surface area contributed by atoms with Crippen molar-refractivity contribution < 1.29 is 41.9 Å². The maximum Gasteiger partial charge on any atom is 0.410 e. The molecule has 5 aromatic rings. The Morgan fingerprint density at radius 1 is 0.719 bits per heavy atom. The highest BCUT2D eigenvalue weighted by atomic mass is 35.5. The molecule has 1 aromatic carbocycles. The predicted octanol–water partition coefficient (Wildman–Crippen LogP) is 7.89. The average molecular weight is 891 g/mol. The second kappa shape index (κ2) is 14.7. The molecule has 0 saturated carbocycles. The van der Waals surface area contributed by atoms with Crippen molar-refractivity contribution in [3.05, 3.63) is 105 Å². The van der Waals surface area contributed by atoms with Gasteiger partial charge in [-0.3, -0.25) is 14.6 Å². The zero-order valence-corrected chi connectivity index (χ0v) is 37.3. The molecule has 4 amide bonds. The van der Waals surface area contributed by atoms with E-state index in [0.29, 0.717) is 90.3 Å². The van der Waals surface area contributed by atoms with Crippen LogP contribution in [-0.4, -0.2) is 92.2 Å². The van der Waals surface area contributed by atoms with Crippen molar-refractivity contribution in [3.8, 4) is 33.9 Å². The number of benzene rings is 1. The topological polar surface area (TPSA) is 169 Å². The van der Waals surface area contributed by atoms with E-state index in [4.69, 9.17) is 29.9 Å². The van der Waals surface area contributed by atoms with Gasteiger partial charge >= 0.3 is 12.2 Å². The first kappa shape index (κ1) is 41.8.